The minimum Gasteiger partial charge on any atom is -0.435 e. The second kappa shape index (κ2) is 12.8. The molecule has 0 rings (SSSR count). The normalized spacial score (nSPS) is 12.9. The van der Waals surface area contributed by atoms with Gasteiger partial charge in [-0.05, 0) is 6.42 Å². The van der Waals surface area contributed by atoms with Crippen LogP contribution in [0.3, 0.4) is 0 Å². The molecule has 0 aliphatic carbocycles. The number of esters is 1. The number of hydrogen-bond acceptors (Lipinski definition) is 5. The van der Waals surface area contributed by atoms with E-state index in [9.17, 15) is 4.79 Å². The molecule has 0 fully saturated rings. The summed E-state index contributed by atoms with van der Waals surface area (Å²) < 4.78 is 21.3. The first-order chi connectivity index (χ1) is 10.6. The molecule has 130 valence electrons. The van der Waals surface area contributed by atoms with Crippen LogP contribution >= 0.6 is 0 Å². The molecule has 0 saturated carbocycles. The van der Waals surface area contributed by atoms with Crippen LogP contribution in [-0.2, 0) is 22.8 Å². The predicted molar refractivity (Wildman–Crippen MR) is 89.4 cm³/mol. The summed E-state index contributed by atoms with van der Waals surface area (Å²) in [7, 11) is 1.49. The molecule has 0 spiro atoms. The lowest BCUT2D eigenvalue weighted by Gasteiger charge is -2.30. The molecule has 0 aromatic rings. The summed E-state index contributed by atoms with van der Waals surface area (Å²) in [6.07, 6.45) is 10.0. The molecular formula is C16H32O5Si. The highest BCUT2D eigenvalue weighted by Crippen LogP contribution is 2.31. The van der Waals surface area contributed by atoms with Gasteiger partial charge in [-0.3, -0.25) is 4.79 Å². The van der Waals surface area contributed by atoms with Gasteiger partial charge in [-0.1, -0.05) is 58.4 Å². The zero-order valence-electron chi connectivity index (χ0n) is 14.6. The molecule has 0 aromatic carbocycles. The smallest absolute Gasteiger partial charge is 0.435 e. The van der Waals surface area contributed by atoms with E-state index in [1.54, 1.807) is 0 Å². The first-order valence-electron chi connectivity index (χ1n) is 8.08. The topological polar surface area (TPSA) is 54.0 Å². The third kappa shape index (κ3) is 7.04. The summed E-state index contributed by atoms with van der Waals surface area (Å²) in [5, 5.41) is 0. The fourth-order valence-electron chi connectivity index (χ4n) is 2.59. The summed E-state index contributed by atoms with van der Waals surface area (Å²) in [5.74, 6) is -0.391. The van der Waals surface area contributed by atoms with Crippen LogP contribution in [0, 0.1) is 0 Å². The zero-order chi connectivity index (χ0) is 16.8. The van der Waals surface area contributed by atoms with E-state index in [-0.39, 0.29) is 0 Å². The highest BCUT2D eigenvalue weighted by atomic mass is 28.4. The molecule has 0 saturated heterocycles. The molecule has 5 nitrogen and oxygen atoms in total. The van der Waals surface area contributed by atoms with Gasteiger partial charge in [0.25, 0.3) is 0 Å². The number of carbonyl (C=O) groups is 1. The molecule has 0 amide bonds. The van der Waals surface area contributed by atoms with Gasteiger partial charge in [0.15, 0.2) is 0 Å². The zero-order valence-corrected chi connectivity index (χ0v) is 15.6. The van der Waals surface area contributed by atoms with E-state index in [2.05, 4.69) is 13.5 Å². The Balaban J connectivity index is 4.48. The van der Waals surface area contributed by atoms with Crippen LogP contribution < -0.4 is 0 Å². The van der Waals surface area contributed by atoms with Gasteiger partial charge >= 0.3 is 14.8 Å². The van der Waals surface area contributed by atoms with Crippen molar-refractivity contribution in [2.24, 2.45) is 0 Å². The van der Waals surface area contributed by atoms with Crippen molar-refractivity contribution in [3.05, 3.63) is 12.8 Å². The van der Waals surface area contributed by atoms with Crippen LogP contribution in [0.5, 0.6) is 0 Å². The van der Waals surface area contributed by atoms with Gasteiger partial charge in [0.1, 0.15) is 5.54 Å². The van der Waals surface area contributed by atoms with E-state index >= 15 is 0 Å². The Morgan fingerprint density at radius 1 is 1.00 bits per heavy atom. The van der Waals surface area contributed by atoms with E-state index in [1.165, 1.54) is 53.4 Å². The quantitative estimate of drug-likeness (QED) is 0.208. The highest BCUT2D eigenvalue weighted by molar-refractivity contribution is 6.66. The van der Waals surface area contributed by atoms with Crippen LogP contribution in [0.25, 0.3) is 0 Å². The Bertz CT molecular complexity index is 297. The third-order valence-corrected chi connectivity index (χ3v) is 6.95. The Labute approximate surface area is 136 Å². The van der Waals surface area contributed by atoms with E-state index < -0.39 is 20.3 Å². The van der Waals surface area contributed by atoms with Crippen LogP contribution in [0.4, 0.5) is 0 Å². The van der Waals surface area contributed by atoms with Crippen molar-refractivity contribution >= 4 is 14.8 Å². The van der Waals surface area contributed by atoms with Crippen LogP contribution in [0.1, 0.15) is 58.3 Å². The first-order valence-corrected chi connectivity index (χ1v) is 9.88. The van der Waals surface area contributed by atoms with Crippen molar-refractivity contribution in [3.63, 3.8) is 0 Å². The largest absolute Gasteiger partial charge is 0.515 e. The molecule has 0 aromatic heterocycles. The molecular weight excluding hydrogens is 300 g/mol. The second-order valence-electron chi connectivity index (χ2n) is 5.28. The SMILES string of the molecule is C=COC(=O)C(CCCCCCCCC)[Si](OC)(OC)OC. The standard InChI is InChI=1S/C16H32O5Si/c1-6-8-9-10-11-12-13-14-15(16(17)21-7-2)22(18-3,19-4)20-5/h7,15H,2,6,8-14H2,1,3-5H3. The Kier molecular flexibility index (Phi) is 12.4. The van der Waals surface area contributed by atoms with Crippen molar-refractivity contribution in [1.82, 2.24) is 0 Å². The first kappa shape index (κ1) is 21.3. The number of hydrogen-bond donors (Lipinski definition) is 0. The molecule has 1 unspecified atom stereocenters. The monoisotopic (exact) mass is 332 g/mol. The summed E-state index contributed by atoms with van der Waals surface area (Å²) in [6, 6.07) is 0. The maximum atomic E-state index is 12.2. The Morgan fingerprint density at radius 2 is 1.50 bits per heavy atom. The Morgan fingerprint density at radius 3 is 1.95 bits per heavy atom. The molecule has 0 radical (unpaired) electrons. The number of rotatable bonds is 14. The summed E-state index contributed by atoms with van der Waals surface area (Å²) in [5.41, 5.74) is -0.513. The fourth-order valence-corrected chi connectivity index (χ4v) is 4.85. The van der Waals surface area contributed by atoms with Crippen molar-refractivity contribution in [3.8, 4) is 0 Å². The second-order valence-corrected chi connectivity index (χ2v) is 8.41. The number of ether oxygens (including phenoxy) is 1. The lowest BCUT2D eigenvalue weighted by atomic mass is 10.1. The average Bonchev–Trinajstić information content (AvgIpc) is 2.54. The molecule has 6 heteroatoms. The van der Waals surface area contributed by atoms with E-state index in [4.69, 9.17) is 18.0 Å². The van der Waals surface area contributed by atoms with Gasteiger partial charge in [-0.25, -0.2) is 0 Å². The van der Waals surface area contributed by atoms with Gasteiger partial charge in [0.05, 0.1) is 6.26 Å². The average molecular weight is 333 g/mol. The molecule has 22 heavy (non-hydrogen) atoms. The Hall–Kier alpha value is -0.693. The van der Waals surface area contributed by atoms with Crippen LogP contribution in [-0.4, -0.2) is 36.1 Å². The number of unbranched alkanes of at least 4 members (excludes halogenated alkanes) is 6. The fraction of sp³-hybridized carbons (Fsp3) is 0.812. The maximum Gasteiger partial charge on any atom is 0.515 e. The molecule has 0 aliphatic rings. The van der Waals surface area contributed by atoms with Gasteiger partial charge in [-0.15, -0.1) is 0 Å². The minimum atomic E-state index is -3.05. The van der Waals surface area contributed by atoms with Gasteiger partial charge in [0.2, 0.25) is 0 Å². The lowest BCUT2D eigenvalue weighted by Crippen LogP contribution is -2.50. The van der Waals surface area contributed by atoms with Gasteiger partial charge in [0, 0.05) is 21.3 Å². The van der Waals surface area contributed by atoms with Gasteiger partial charge < -0.3 is 18.0 Å². The van der Waals surface area contributed by atoms with Crippen molar-refractivity contribution in [2.75, 3.05) is 21.3 Å². The molecule has 1 atom stereocenters. The molecule has 0 N–H and O–H groups in total. The van der Waals surface area contributed by atoms with E-state index in [0.717, 1.165) is 19.1 Å². The highest BCUT2D eigenvalue weighted by Gasteiger charge is 2.51. The van der Waals surface area contributed by atoms with Crippen molar-refractivity contribution < 1.29 is 22.8 Å². The molecule has 0 heterocycles. The third-order valence-electron chi connectivity index (χ3n) is 3.86. The van der Waals surface area contributed by atoms with E-state index in [0.29, 0.717) is 6.42 Å². The predicted octanol–water partition coefficient (Wildman–Crippen LogP) is 4.06. The maximum absolute atomic E-state index is 12.2. The van der Waals surface area contributed by atoms with Gasteiger partial charge in [-0.2, -0.15) is 0 Å². The molecule has 0 bridgehead atoms. The summed E-state index contributed by atoms with van der Waals surface area (Å²) in [6.45, 7) is 5.64. The van der Waals surface area contributed by atoms with Crippen molar-refractivity contribution in [1.29, 1.82) is 0 Å². The van der Waals surface area contributed by atoms with E-state index in [1.807, 2.05) is 0 Å². The molecule has 0 aliphatic heterocycles. The van der Waals surface area contributed by atoms with Crippen LogP contribution in [0.2, 0.25) is 5.54 Å². The number of carbonyl (C=O) groups excluding carboxylic acids is 1. The summed E-state index contributed by atoms with van der Waals surface area (Å²) >= 11 is 0. The van der Waals surface area contributed by atoms with Crippen molar-refractivity contribution in [2.45, 2.75) is 63.8 Å². The van der Waals surface area contributed by atoms with Crippen LogP contribution in [0.15, 0.2) is 12.8 Å². The lowest BCUT2D eigenvalue weighted by molar-refractivity contribution is -0.139. The minimum absolute atomic E-state index is 0.391. The summed E-state index contributed by atoms with van der Waals surface area (Å²) in [4.78, 5) is 12.2.